The van der Waals surface area contributed by atoms with Crippen molar-refractivity contribution in [1.82, 2.24) is 15.1 Å². The first-order valence-corrected chi connectivity index (χ1v) is 6.20. The molecule has 0 saturated heterocycles. The Kier molecular flexibility index (Phi) is 4.10. The normalized spacial score (nSPS) is 12.6. The van der Waals surface area contributed by atoms with E-state index >= 15 is 0 Å². The van der Waals surface area contributed by atoms with Gasteiger partial charge in [0.05, 0.1) is 6.20 Å². The minimum absolute atomic E-state index is 0.0174. The second kappa shape index (κ2) is 5.78. The summed E-state index contributed by atoms with van der Waals surface area (Å²) < 4.78 is 15.4. The molecule has 1 unspecified atom stereocenters. The van der Waals surface area contributed by atoms with E-state index in [1.165, 1.54) is 6.07 Å². The fourth-order valence-electron chi connectivity index (χ4n) is 1.88. The van der Waals surface area contributed by atoms with Crippen LogP contribution >= 0.6 is 0 Å². The van der Waals surface area contributed by atoms with Crippen LogP contribution in [0.5, 0.6) is 0 Å². The second-order valence-electron chi connectivity index (χ2n) is 4.33. The number of nitrogens with zero attached hydrogens (tertiary/aromatic N) is 2. The quantitative estimate of drug-likeness (QED) is 0.880. The maximum Gasteiger partial charge on any atom is 0.127 e. The number of rotatable bonds is 5. The van der Waals surface area contributed by atoms with E-state index in [2.05, 4.69) is 10.4 Å². The summed E-state index contributed by atoms with van der Waals surface area (Å²) in [5, 5.41) is 7.51. The fourth-order valence-corrected chi connectivity index (χ4v) is 1.88. The van der Waals surface area contributed by atoms with Gasteiger partial charge < -0.3 is 5.32 Å². The van der Waals surface area contributed by atoms with Crippen LogP contribution in [0.25, 0.3) is 0 Å². The number of nitrogens with one attached hydrogen (secondary N) is 1. The standard InChI is InChI=1S/C14H18FN3/c1-3-18-10-12(9-17-18)8-16-11(2)13-6-4-5-7-14(13)15/h4-7,9-11,16H,3,8H2,1-2H3. The van der Waals surface area contributed by atoms with Crippen molar-refractivity contribution < 1.29 is 4.39 Å². The Morgan fingerprint density at radius 3 is 2.83 bits per heavy atom. The molecule has 0 radical (unpaired) electrons. The molecule has 1 heterocycles. The Labute approximate surface area is 107 Å². The molecule has 2 aromatic rings. The summed E-state index contributed by atoms with van der Waals surface area (Å²) >= 11 is 0. The van der Waals surface area contributed by atoms with E-state index in [-0.39, 0.29) is 11.9 Å². The van der Waals surface area contributed by atoms with Gasteiger partial charge in [0.1, 0.15) is 5.82 Å². The lowest BCUT2D eigenvalue weighted by molar-refractivity contribution is 0.528. The summed E-state index contributed by atoms with van der Waals surface area (Å²) in [6.07, 6.45) is 3.84. The molecule has 1 aromatic carbocycles. The molecule has 0 bridgehead atoms. The zero-order chi connectivity index (χ0) is 13.0. The Hall–Kier alpha value is -1.68. The van der Waals surface area contributed by atoms with Crippen molar-refractivity contribution >= 4 is 0 Å². The zero-order valence-corrected chi connectivity index (χ0v) is 10.7. The topological polar surface area (TPSA) is 29.9 Å². The third-order valence-corrected chi connectivity index (χ3v) is 2.99. The second-order valence-corrected chi connectivity index (χ2v) is 4.33. The lowest BCUT2D eigenvalue weighted by atomic mass is 10.1. The Morgan fingerprint density at radius 2 is 2.17 bits per heavy atom. The number of halogens is 1. The Bertz CT molecular complexity index is 507. The van der Waals surface area contributed by atoms with Crippen molar-refractivity contribution in [2.45, 2.75) is 33.0 Å². The van der Waals surface area contributed by atoms with Gasteiger partial charge in [-0.2, -0.15) is 5.10 Å². The van der Waals surface area contributed by atoms with Crippen molar-refractivity contribution in [3.63, 3.8) is 0 Å². The first kappa shape index (κ1) is 12.8. The SMILES string of the molecule is CCn1cc(CNC(C)c2ccccc2F)cn1. The van der Waals surface area contributed by atoms with Crippen molar-refractivity contribution in [1.29, 1.82) is 0 Å². The molecule has 0 spiro atoms. The van der Waals surface area contributed by atoms with Crippen LogP contribution in [0.15, 0.2) is 36.7 Å². The maximum atomic E-state index is 13.6. The van der Waals surface area contributed by atoms with Crippen LogP contribution in [0.3, 0.4) is 0 Å². The molecule has 18 heavy (non-hydrogen) atoms. The van der Waals surface area contributed by atoms with Gasteiger partial charge in [-0.15, -0.1) is 0 Å². The highest BCUT2D eigenvalue weighted by atomic mass is 19.1. The van der Waals surface area contributed by atoms with Gasteiger partial charge in [0, 0.05) is 36.5 Å². The van der Waals surface area contributed by atoms with Gasteiger partial charge in [-0.1, -0.05) is 18.2 Å². The summed E-state index contributed by atoms with van der Waals surface area (Å²) in [6.45, 7) is 5.56. The average molecular weight is 247 g/mol. The van der Waals surface area contributed by atoms with Gasteiger partial charge in [-0.25, -0.2) is 4.39 Å². The molecule has 96 valence electrons. The van der Waals surface area contributed by atoms with Gasteiger partial charge in [0.25, 0.3) is 0 Å². The minimum atomic E-state index is -0.165. The predicted octanol–water partition coefficient (Wildman–Crippen LogP) is 2.89. The molecule has 1 atom stereocenters. The van der Waals surface area contributed by atoms with Gasteiger partial charge >= 0.3 is 0 Å². The van der Waals surface area contributed by atoms with E-state index in [0.29, 0.717) is 12.1 Å². The summed E-state index contributed by atoms with van der Waals surface area (Å²) in [5.41, 5.74) is 1.81. The lowest BCUT2D eigenvalue weighted by Crippen LogP contribution is -2.18. The van der Waals surface area contributed by atoms with Crippen LogP contribution in [0.1, 0.15) is 31.0 Å². The summed E-state index contributed by atoms with van der Waals surface area (Å²) in [4.78, 5) is 0. The number of benzene rings is 1. The molecule has 0 aliphatic rings. The third kappa shape index (κ3) is 2.96. The monoisotopic (exact) mass is 247 g/mol. The lowest BCUT2D eigenvalue weighted by Gasteiger charge is -2.14. The van der Waals surface area contributed by atoms with E-state index in [1.807, 2.05) is 43.1 Å². The van der Waals surface area contributed by atoms with Crippen LogP contribution in [-0.2, 0) is 13.1 Å². The van der Waals surface area contributed by atoms with E-state index in [0.717, 1.165) is 12.1 Å². The van der Waals surface area contributed by atoms with Gasteiger partial charge in [-0.05, 0) is 19.9 Å². The molecule has 0 fully saturated rings. The van der Waals surface area contributed by atoms with Crippen LogP contribution in [0, 0.1) is 5.82 Å². The highest BCUT2D eigenvalue weighted by molar-refractivity contribution is 5.20. The number of aromatic nitrogens is 2. The summed E-state index contributed by atoms with van der Waals surface area (Å²) in [6, 6.07) is 6.84. The van der Waals surface area contributed by atoms with E-state index in [1.54, 1.807) is 6.07 Å². The van der Waals surface area contributed by atoms with Crippen LogP contribution < -0.4 is 5.32 Å². The number of aryl methyl sites for hydroxylation is 1. The third-order valence-electron chi connectivity index (χ3n) is 2.99. The van der Waals surface area contributed by atoms with Crippen LogP contribution in [0.2, 0.25) is 0 Å². The molecule has 1 N–H and O–H groups in total. The fraction of sp³-hybridized carbons (Fsp3) is 0.357. The largest absolute Gasteiger partial charge is 0.306 e. The molecule has 1 aromatic heterocycles. The zero-order valence-electron chi connectivity index (χ0n) is 10.7. The number of hydrogen-bond donors (Lipinski definition) is 1. The predicted molar refractivity (Wildman–Crippen MR) is 69.6 cm³/mol. The van der Waals surface area contributed by atoms with Crippen molar-refractivity contribution in [3.05, 3.63) is 53.6 Å². The smallest absolute Gasteiger partial charge is 0.127 e. The molecule has 0 saturated carbocycles. The van der Waals surface area contributed by atoms with E-state index in [4.69, 9.17) is 0 Å². The molecule has 0 aliphatic carbocycles. The minimum Gasteiger partial charge on any atom is -0.306 e. The first-order chi connectivity index (χ1) is 8.70. The molecule has 3 nitrogen and oxygen atoms in total. The summed E-state index contributed by atoms with van der Waals surface area (Å²) in [5.74, 6) is -0.165. The number of hydrogen-bond acceptors (Lipinski definition) is 2. The molecular weight excluding hydrogens is 229 g/mol. The Morgan fingerprint density at radius 1 is 1.39 bits per heavy atom. The highest BCUT2D eigenvalue weighted by Gasteiger charge is 2.09. The summed E-state index contributed by atoms with van der Waals surface area (Å²) in [7, 11) is 0. The molecule has 4 heteroatoms. The van der Waals surface area contributed by atoms with E-state index < -0.39 is 0 Å². The molecule has 0 aliphatic heterocycles. The molecular formula is C14H18FN3. The first-order valence-electron chi connectivity index (χ1n) is 6.20. The average Bonchev–Trinajstić information content (AvgIpc) is 2.84. The highest BCUT2D eigenvalue weighted by Crippen LogP contribution is 2.16. The van der Waals surface area contributed by atoms with E-state index in [9.17, 15) is 4.39 Å². The molecule has 2 rings (SSSR count). The van der Waals surface area contributed by atoms with Gasteiger partial charge in [0.2, 0.25) is 0 Å². The van der Waals surface area contributed by atoms with Crippen LogP contribution in [-0.4, -0.2) is 9.78 Å². The van der Waals surface area contributed by atoms with Crippen molar-refractivity contribution in [2.24, 2.45) is 0 Å². The van der Waals surface area contributed by atoms with Gasteiger partial charge in [-0.3, -0.25) is 4.68 Å². The maximum absolute atomic E-state index is 13.6. The van der Waals surface area contributed by atoms with Crippen molar-refractivity contribution in [2.75, 3.05) is 0 Å². The molecule has 0 amide bonds. The van der Waals surface area contributed by atoms with Gasteiger partial charge in [0.15, 0.2) is 0 Å². The van der Waals surface area contributed by atoms with Crippen molar-refractivity contribution in [3.8, 4) is 0 Å². The van der Waals surface area contributed by atoms with Crippen LogP contribution in [0.4, 0.5) is 4.39 Å². The Balaban J connectivity index is 1.96.